The summed E-state index contributed by atoms with van der Waals surface area (Å²) in [4.78, 5) is 10.5. The highest BCUT2D eigenvalue weighted by Crippen LogP contribution is 2.14. The van der Waals surface area contributed by atoms with Crippen molar-refractivity contribution >= 4 is 6.29 Å². The molecule has 0 aliphatic rings. The molecule has 0 atom stereocenters. The number of hydrogen-bond acceptors (Lipinski definition) is 3. The smallest absolute Gasteiger partial charge is 0.153 e. The van der Waals surface area contributed by atoms with Crippen LogP contribution in [0.4, 0.5) is 4.39 Å². The van der Waals surface area contributed by atoms with Crippen molar-refractivity contribution in [2.24, 2.45) is 0 Å². The number of halogens is 1. The Hall–Kier alpha value is -2.48. The summed E-state index contributed by atoms with van der Waals surface area (Å²) in [5.74, 6) is -0.483. The molecule has 1 aromatic carbocycles. The summed E-state index contributed by atoms with van der Waals surface area (Å²) < 4.78 is 14.2. The van der Waals surface area contributed by atoms with Gasteiger partial charge < -0.3 is 0 Å². The van der Waals surface area contributed by atoms with E-state index in [1.54, 1.807) is 0 Å². The lowest BCUT2D eigenvalue weighted by Gasteiger charge is -2.02. The third-order valence-corrected chi connectivity index (χ3v) is 2.06. The summed E-state index contributed by atoms with van der Waals surface area (Å²) in [6.45, 7) is 0. The maximum atomic E-state index is 12.9. The predicted molar refractivity (Wildman–Crippen MR) is 53.6 cm³/mol. The first kappa shape index (κ1) is 10.1. The third-order valence-electron chi connectivity index (χ3n) is 2.06. The van der Waals surface area contributed by atoms with E-state index in [1.807, 2.05) is 6.07 Å². The highest BCUT2D eigenvalue weighted by atomic mass is 19.1. The fraction of sp³-hybridized carbons (Fsp3) is 0. The molecule has 1 heterocycles. The minimum Gasteiger partial charge on any atom is -0.298 e. The highest BCUT2D eigenvalue weighted by molar-refractivity contribution is 5.73. The van der Waals surface area contributed by atoms with Gasteiger partial charge in [-0.25, -0.2) is 9.07 Å². The maximum Gasteiger partial charge on any atom is 0.153 e. The number of aldehydes is 1. The standard InChI is InChI=1S/C11H6FN3O/c12-10-1-2-11(9(3-10)4-13)15-6-8(7-16)5-14-15/h1-3,5-7H. The Labute approximate surface area is 90.5 Å². The second-order valence-corrected chi connectivity index (χ2v) is 3.11. The lowest BCUT2D eigenvalue weighted by molar-refractivity contribution is 0.112. The zero-order valence-corrected chi connectivity index (χ0v) is 8.09. The number of nitriles is 1. The maximum absolute atomic E-state index is 12.9. The van der Waals surface area contributed by atoms with Crippen LogP contribution >= 0.6 is 0 Å². The van der Waals surface area contributed by atoms with Gasteiger partial charge in [0.2, 0.25) is 0 Å². The Balaban J connectivity index is 2.55. The molecule has 2 aromatic rings. The summed E-state index contributed by atoms with van der Waals surface area (Å²) in [6.07, 6.45) is 3.50. The Morgan fingerprint density at radius 3 is 2.94 bits per heavy atom. The van der Waals surface area contributed by atoms with Crippen molar-refractivity contribution in [2.75, 3.05) is 0 Å². The number of aromatic nitrogens is 2. The van der Waals surface area contributed by atoms with E-state index >= 15 is 0 Å². The van der Waals surface area contributed by atoms with Gasteiger partial charge in [-0.3, -0.25) is 4.79 Å². The van der Waals surface area contributed by atoms with Crippen molar-refractivity contribution < 1.29 is 9.18 Å². The van der Waals surface area contributed by atoms with Gasteiger partial charge in [0.15, 0.2) is 6.29 Å². The molecule has 0 aliphatic heterocycles. The van der Waals surface area contributed by atoms with E-state index in [1.165, 1.54) is 29.2 Å². The van der Waals surface area contributed by atoms with Crippen molar-refractivity contribution in [3.63, 3.8) is 0 Å². The van der Waals surface area contributed by atoms with Crippen LogP contribution in [-0.2, 0) is 0 Å². The van der Waals surface area contributed by atoms with Crippen LogP contribution in [0.1, 0.15) is 15.9 Å². The van der Waals surface area contributed by atoms with Crippen LogP contribution in [0.25, 0.3) is 5.69 Å². The van der Waals surface area contributed by atoms with E-state index in [4.69, 9.17) is 5.26 Å². The van der Waals surface area contributed by atoms with E-state index < -0.39 is 5.82 Å². The molecule has 0 N–H and O–H groups in total. The van der Waals surface area contributed by atoms with Gasteiger partial charge in [-0.05, 0) is 18.2 Å². The van der Waals surface area contributed by atoms with Gasteiger partial charge in [0, 0.05) is 6.20 Å². The SMILES string of the molecule is N#Cc1cc(F)ccc1-n1cc(C=O)cn1. The van der Waals surface area contributed by atoms with Crippen LogP contribution in [0, 0.1) is 17.1 Å². The molecule has 0 aliphatic carbocycles. The number of carbonyl (C=O) groups excluding carboxylic acids is 1. The average molecular weight is 215 g/mol. The van der Waals surface area contributed by atoms with Gasteiger partial charge >= 0.3 is 0 Å². The largest absolute Gasteiger partial charge is 0.298 e. The van der Waals surface area contributed by atoms with E-state index in [-0.39, 0.29) is 5.56 Å². The zero-order chi connectivity index (χ0) is 11.5. The molecule has 1 aromatic heterocycles. The molecule has 0 radical (unpaired) electrons. The van der Waals surface area contributed by atoms with Crippen LogP contribution in [0.15, 0.2) is 30.6 Å². The van der Waals surface area contributed by atoms with Crippen molar-refractivity contribution in [3.8, 4) is 11.8 Å². The predicted octanol–water partition coefficient (Wildman–Crippen LogP) is 1.70. The number of rotatable bonds is 2. The van der Waals surface area contributed by atoms with E-state index in [0.29, 0.717) is 17.5 Å². The van der Waals surface area contributed by atoms with Crippen LogP contribution < -0.4 is 0 Å². The first-order valence-corrected chi connectivity index (χ1v) is 4.44. The summed E-state index contributed by atoms with van der Waals surface area (Å²) >= 11 is 0. The molecule has 0 saturated carbocycles. The topological polar surface area (TPSA) is 58.7 Å². The Kier molecular flexibility index (Phi) is 2.48. The lowest BCUT2D eigenvalue weighted by Crippen LogP contribution is -1.98. The molecule has 78 valence electrons. The summed E-state index contributed by atoms with van der Waals surface area (Å²) in [5, 5.41) is 12.7. The minimum absolute atomic E-state index is 0.167. The van der Waals surface area contributed by atoms with Gasteiger partial charge in [0.1, 0.15) is 11.9 Å². The molecule has 4 nitrogen and oxygen atoms in total. The van der Waals surface area contributed by atoms with Crippen LogP contribution in [0.3, 0.4) is 0 Å². The molecule has 0 saturated heterocycles. The molecule has 0 bridgehead atoms. The molecule has 0 amide bonds. The third kappa shape index (κ3) is 1.68. The van der Waals surface area contributed by atoms with Gasteiger partial charge in [0.25, 0.3) is 0 Å². The molecule has 0 unspecified atom stereocenters. The molecule has 0 fully saturated rings. The quantitative estimate of drug-likeness (QED) is 0.716. The molecular formula is C11H6FN3O. The number of nitrogens with zero attached hydrogens (tertiary/aromatic N) is 3. The second kappa shape index (κ2) is 3.95. The van der Waals surface area contributed by atoms with Gasteiger partial charge in [-0.15, -0.1) is 0 Å². The fourth-order valence-electron chi connectivity index (χ4n) is 1.33. The van der Waals surface area contributed by atoms with E-state index in [0.717, 1.165) is 6.07 Å². The van der Waals surface area contributed by atoms with Crippen molar-refractivity contribution in [3.05, 3.63) is 47.5 Å². The fourth-order valence-corrected chi connectivity index (χ4v) is 1.33. The Bertz CT molecular complexity index is 583. The lowest BCUT2D eigenvalue weighted by atomic mass is 10.2. The molecule has 0 spiro atoms. The molecule has 5 heteroatoms. The average Bonchev–Trinajstić information content (AvgIpc) is 2.77. The van der Waals surface area contributed by atoms with Gasteiger partial charge in [-0.2, -0.15) is 10.4 Å². The number of carbonyl (C=O) groups is 1. The molecular weight excluding hydrogens is 209 g/mol. The summed E-state index contributed by atoms with van der Waals surface area (Å²) in [7, 11) is 0. The van der Waals surface area contributed by atoms with Crippen LogP contribution in [0.5, 0.6) is 0 Å². The first-order valence-electron chi connectivity index (χ1n) is 4.44. The summed E-state index contributed by atoms with van der Waals surface area (Å²) in [6, 6.07) is 5.67. The van der Waals surface area contributed by atoms with Crippen molar-refractivity contribution in [1.82, 2.24) is 9.78 Å². The minimum atomic E-state index is -0.483. The normalized spacial score (nSPS) is 9.75. The molecule has 2 rings (SSSR count). The Morgan fingerprint density at radius 1 is 1.50 bits per heavy atom. The first-order chi connectivity index (χ1) is 7.74. The second-order valence-electron chi connectivity index (χ2n) is 3.11. The van der Waals surface area contributed by atoms with Gasteiger partial charge in [-0.1, -0.05) is 0 Å². The van der Waals surface area contributed by atoms with E-state index in [2.05, 4.69) is 5.10 Å². The molecule has 16 heavy (non-hydrogen) atoms. The number of benzene rings is 1. The van der Waals surface area contributed by atoms with Crippen LogP contribution in [0.2, 0.25) is 0 Å². The van der Waals surface area contributed by atoms with Gasteiger partial charge in [0.05, 0.1) is 23.0 Å². The van der Waals surface area contributed by atoms with Crippen molar-refractivity contribution in [1.29, 1.82) is 5.26 Å². The Morgan fingerprint density at radius 2 is 2.31 bits per heavy atom. The zero-order valence-electron chi connectivity index (χ0n) is 8.09. The monoisotopic (exact) mass is 215 g/mol. The van der Waals surface area contributed by atoms with E-state index in [9.17, 15) is 9.18 Å². The number of hydrogen-bond donors (Lipinski definition) is 0. The highest BCUT2D eigenvalue weighted by Gasteiger charge is 2.07. The van der Waals surface area contributed by atoms with Crippen LogP contribution in [-0.4, -0.2) is 16.1 Å². The van der Waals surface area contributed by atoms with Crippen molar-refractivity contribution in [2.45, 2.75) is 0 Å². The summed E-state index contributed by atoms with van der Waals surface area (Å²) in [5.41, 5.74) is 1.01.